The summed E-state index contributed by atoms with van der Waals surface area (Å²) in [5, 5.41) is 34.1. The fourth-order valence-corrected chi connectivity index (χ4v) is 2.84. The lowest BCUT2D eigenvalue weighted by Gasteiger charge is -2.19. The molecule has 2 unspecified atom stereocenters. The predicted octanol–water partition coefficient (Wildman–Crippen LogP) is 2.83. The lowest BCUT2D eigenvalue weighted by Crippen LogP contribution is -2.25. The van der Waals surface area contributed by atoms with Crippen LogP contribution in [-0.2, 0) is 14.2 Å². The average Bonchev–Trinajstić information content (AvgIpc) is 3.24. The first-order valence-electron chi connectivity index (χ1n) is 10.5. The molecule has 0 bridgehead atoms. The van der Waals surface area contributed by atoms with Gasteiger partial charge in [0.1, 0.15) is 11.6 Å². The number of ether oxygens (including phenoxy) is 3. The first-order chi connectivity index (χ1) is 16.0. The van der Waals surface area contributed by atoms with Gasteiger partial charge in [-0.1, -0.05) is 0 Å². The molecule has 0 aromatic carbocycles. The lowest BCUT2D eigenvalue weighted by molar-refractivity contribution is 0.190. The van der Waals surface area contributed by atoms with Gasteiger partial charge in [0, 0.05) is 46.6 Å². The van der Waals surface area contributed by atoms with Gasteiger partial charge in [-0.3, -0.25) is 5.10 Å². The first kappa shape index (κ1) is 25.9. The first-order valence-corrected chi connectivity index (χ1v) is 10.5. The van der Waals surface area contributed by atoms with Crippen molar-refractivity contribution in [3.05, 3.63) is 11.8 Å². The molecule has 13 heteroatoms. The average molecular weight is 461 g/mol. The zero-order valence-corrected chi connectivity index (χ0v) is 19.7. The fourth-order valence-electron chi connectivity index (χ4n) is 2.84. The number of hydrogen-bond donors (Lipinski definition) is 4. The van der Waals surface area contributed by atoms with Crippen molar-refractivity contribution in [1.29, 1.82) is 5.26 Å². The van der Waals surface area contributed by atoms with Crippen LogP contribution in [0.2, 0.25) is 0 Å². The van der Waals surface area contributed by atoms with Crippen molar-refractivity contribution in [3.8, 4) is 6.07 Å². The van der Waals surface area contributed by atoms with Gasteiger partial charge in [-0.25, -0.2) is 0 Å². The van der Waals surface area contributed by atoms with E-state index < -0.39 is 0 Å². The molecule has 0 aliphatic rings. The number of hydrogen-bond acceptors (Lipinski definition) is 12. The third-order valence-corrected chi connectivity index (χ3v) is 4.28. The predicted molar refractivity (Wildman–Crippen MR) is 124 cm³/mol. The van der Waals surface area contributed by atoms with E-state index in [1.54, 1.807) is 21.3 Å². The number of methoxy groups -OCH3 is 3. The molecule has 0 spiro atoms. The minimum Gasteiger partial charge on any atom is -0.385 e. The Balaban J connectivity index is 2.47. The molecule has 0 saturated carbocycles. The molecule has 2 aromatic rings. The summed E-state index contributed by atoms with van der Waals surface area (Å²) in [6.07, 6.45) is 2.15. The van der Waals surface area contributed by atoms with Crippen LogP contribution in [0.5, 0.6) is 0 Å². The largest absolute Gasteiger partial charge is 0.385 e. The smallest absolute Gasteiger partial charge is 0.227 e. The highest BCUT2D eigenvalue weighted by Crippen LogP contribution is 2.34. The molecule has 0 amide bonds. The SMILES string of the molecule is COCCCNc1nc(NC(C)COC)nc(NC(C)COC)c1N=Nc1[nH]ncc1C#N. The minimum absolute atomic E-state index is 0.0174. The number of aromatic amines is 1. The molecule has 0 aliphatic carbocycles. The summed E-state index contributed by atoms with van der Waals surface area (Å²) in [7, 11) is 4.91. The van der Waals surface area contributed by atoms with E-state index in [4.69, 9.17) is 14.2 Å². The molecule has 2 heterocycles. The van der Waals surface area contributed by atoms with Crippen LogP contribution in [0, 0.1) is 11.3 Å². The Morgan fingerprint density at radius 2 is 1.73 bits per heavy atom. The van der Waals surface area contributed by atoms with Gasteiger partial charge in [0.25, 0.3) is 0 Å². The number of anilines is 3. The topological polar surface area (TPSA) is 167 Å². The van der Waals surface area contributed by atoms with Gasteiger partial charge in [0.15, 0.2) is 23.1 Å². The monoisotopic (exact) mass is 460 g/mol. The molecule has 13 nitrogen and oxygen atoms in total. The summed E-state index contributed by atoms with van der Waals surface area (Å²) >= 11 is 0. The van der Waals surface area contributed by atoms with Gasteiger partial charge in [-0.15, -0.1) is 10.2 Å². The summed E-state index contributed by atoms with van der Waals surface area (Å²) < 4.78 is 15.6. The van der Waals surface area contributed by atoms with Gasteiger partial charge < -0.3 is 30.2 Å². The Kier molecular flexibility index (Phi) is 10.9. The maximum Gasteiger partial charge on any atom is 0.227 e. The van der Waals surface area contributed by atoms with E-state index in [1.807, 2.05) is 19.9 Å². The molecule has 0 saturated heterocycles. The quantitative estimate of drug-likeness (QED) is 0.229. The van der Waals surface area contributed by atoms with E-state index in [9.17, 15) is 5.26 Å². The zero-order chi connectivity index (χ0) is 24.1. The fraction of sp³-hybridized carbons (Fsp3) is 0.600. The Morgan fingerprint density at radius 3 is 2.39 bits per heavy atom. The van der Waals surface area contributed by atoms with E-state index in [2.05, 4.69) is 46.3 Å². The second-order valence-electron chi connectivity index (χ2n) is 7.31. The standard InChI is InChI=1S/C20H32N10O3/c1-13(11-32-4)24-19-16(28-30-17-15(9-21)10-23-29-17)18(22-7-6-8-31-3)26-20(27-19)25-14(2)12-33-5/h10,13-14H,6-8,11-12H2,1-5H3,(H,23,29)(H3,22,24,25,26,27). The highest BCUT2D eigenvalue weighted by atomic mass is 16.5. The number of H-pyrrole nitrogens is 1. The zero-order valence-electron chi connectivity index (χ0n) is 19.7. The molecule has 180 valence electrons. The summed E-state index contributed by atoms with van der Waals surface area (Å²) in [5.41, 5.74) is 0.669. The van der Waals surface area contributed by atoms with Crippen molar-refractivity contribution in [2.75, 3.05) is 63.6 Å². The van der Waals surface area contributed by atoms with Crippen LogP contribution in [0.15, 0.2) is 16.4 Å². The van der Waals surface area contributed by atoms with E-state index >= 15 is 0 Å². The third-order valence-electron chi connectivity index (χ3n) is 4.28. The number of rotatable bonds is 15. The summed E-state index contributed by atoms with van der Waals surface area (Å²) in [5.74, 6) is 1.58. The van der Waals surface area contributed by atoms with Crippen LogP contribution >= 0.6 is 0 Å². The number of nitrogens with zero attached hydrogens (tertiary/aromatic N) is 6. The Bertz CT molecular complexity index is 927. The van der Waals surface area contributed by atoms with Gasteiger partial charge in [-0.05, 0) is 20.3 Å². The molecule has 2 atom stereocenters. The van der Waals surface area contributed by atoms with Crippen LogP contribution in [-0.4, -0.2) is 79.9 Å². The van der Waals surface area contributed by atoms with Crippen molar-refractivity contribution in [2.45, 2.75) is 32.4 Å². The van der Waals surface area contributed by atoms with Crippen molar-refractivity contribution < 1.29 is 14.2 Å². The Morgan fingerprint density at radius 1 is 1.03 bits per heavy atom. The van der Waals surface area contributed by atoms with E-state index in [0.717, 1.165) is 6.42 Å². The van der Waals surface area contributed by atoms with Crippen LogP contribution in [0.3, 0.4) is 0 Å². The highest BCUT2D eigenvalue weighted by Gasteiger charge is 2.18. The van der Waals surface area contributed by atoms with Crippen molar-refractivity contribution in [2.24, 2.45) is 10.2 Å². The number of aromatic nitrogens is 4. The summed E-state index contributed by atoms with van der Waals surface area (Å²) in [6.45, 7) is 6.07. The second-order valence-corrected chi connectivity index (χ2v) is 7.31. The van der Waals surface area contributed by atoms with Crippen molar-refractivity contribution in [3.63, 3.8) is 0 Å². The van der Waals surface area contributed by atoms with Gasteiger partial charge in [0.2, 0.25) is 5.95 Å². The molecule has 2 rings (SSSR count). The molecule has 0 fully saturated rings. The lowest BCUT2D eigenvalue weighted by atomic mass is 10.3. The molecule has 0 aliphatic heterocycles. The number of azo groups is 1. The highest BCUT2D eigenvalue weighted by molar-refractivity contribution is 5.75. The molecule has 33 heavy (non-hydrogen) atoms. The van der Waals surface area contributed by atoms with E-state index in [1.165, 1.54) is 6.20 Å². The maximum atomic E-state index is 9.22. The maximum absolute atomic E-state index is 9.22. The number of nitriles is 1. The normalized spacial score (nSPS) is 13.0. The molecular formula is C20H32N10O3. The van der Waals surface area contributed by atoms with Crippen LogP contribution < -0.4 is 16.0 Å². The summed E-state index contributed by atoms with van der Waals surface area (Å²) in [6, 6.07) is 1.94. The van der Waals surface area contributed by atoms with Gasteiger partial charge in [0.05, 0.1) is 19.4 Å². The van der Waals surface area contributed by atoms with E-state index in [-0.39, 0.29) is 23.5 Å². The minimum atomic E-state index is -0.0636. The Hall–Kier alpha value is -3.34. The van der Waals surface area contributed by atoms with Crippen LogP contribution in [0.4, 0.5) is 29.1 Å². The van der Waals surface area contributed by atoms with E-state index in [0.29, 0.717) is 49.6 Å². The van der Waals surface area contributed by atoms with Crippen molar-refractivity contribution in [1.82, 2.24) is 20.2 Å². The Labute approximate surface area is 193 Å². The molecule has 4 N–H and O–H groups in total. The van der Waals surface area contributed by atoms with Crippen molar-refractivity contribution >= 4 is 29.1 Å². The second kappa shape index (κ2) is 13.9. The molecule has 2 aromatic heterocycles. The van der Waals surface area contributed by atoms with Gasteiger partial charge in [-0.2, -0.15) is 20.3 Å². The molecule has 0 radical (unpaired) electrons. The van der Waals surface area contributed by atoms with Gasteiger partial charge >= 0.3 is 0 Å². The summed E-state index contributed by atoms with van der Waals surface area (Å²) in [4.78, 5) is 9.21. The molecular weight excluding hydrogens is 428 g/mol. The third kappa shape index (κ3) is 8.26. The van der Waals surface area contributed by atoms with Crippen LogP contribution in [0.1, 0.15) is 25.8 Å². The van der Waals surface area contributed by atoms with Crippen LogP contribution in [0.25, 0.3) is 0 Å². The number of nitrogens with one attached hydrogen (secondary N) is 4.